The van der Waals surface area contributed by atoms with Crippen LogP contribution >= 0.6 is 0 Å². The van der Waals surface area contributed by atoms with E-state index in [1.54, 1.807) is 32.4 Å². The van der Waals surface area contributed by atoms with E-state index in [0.717, 1.165) is 38.5 Å². The highest BCUT2D eigenvalue weighted by molar-refractivity contribution is 5.82. The molecule has 1 aromatic carbocycles. The minimum absolute atomic E-state index is 0.0444. The molecule has 0 spiro atoms. The van der Waals surface area contributed by atoms with Crippen molar-refractivity contribution < 1.29 is 19.1 Å². The first-order chi connectivity index (χ1) is 17.9. The van der Waals surface area contributed by atoms with E-state index in [0.29, 0.717) is 56.0 Å². The van der Waals surface area contributed by atoms with Crippen molar-refractivity contribution >= 4 is 22.7 Å². The Hall–Kier alpha value is -3.14. The Kier molecular flexibility index (Phi) is 7.37. The zero-order valence-electron chi connectivity index (χ0n) is 21.7. The number of hydrogen-bond acceptors (Lipinski definition) is 6. The molecule has 3 aliphatic rings. The fourth-order valence-electron chi connectivity index (χ4n) is 6.01. The van der Waals surface area contributed by atoms with Crippen LogP contribution in [0, 0.1) is 11.8 Å². The standard InChI is InChI=1S/C27H36N4O6/c1-28-22-10-9-20(36-2)16-21(22)25(33)31(27(28)35)17-18-5-7-19(8-6-18)24(32)29-11-13-30(14-12-29)26(34)23-4-3-15-37-23/h9-10,16,18-19,23H,3-8,11-15,17H2,1-2H3/t18?,19?,23-/m0/s1. The largest absolute Gasteiger partial charge is 0.497 e. The molecule has 10 heteroatoms. The monoisotopic (exact) mass is 512 g/mol. The van der Waals surface area contributed by atoms with Crippen LogP contribution in [0.4, 0.5) is 0 Å². The zero-order valence-corrected chi connectivity index (χ0v) is 21.7. The number of nitrogens with zero attached hydrogens (tertiary/aromatic N) is 4. The zero-order chi connectivity index (χ0) is 26.1. The molecule has 1 aliphatic carbocycles. The maximum absolute atomic E-state index is 13.2. The molecule has 1 aromatic heterocycles. The lowest BCUT2D eigenvalue weighted by molar-refractivity contribution is -0.147. The summed E-state index contributed by atoms with van der Waals surface area (Å²) in [5, 5.41) is 0.461. The third-order valence-corrected chi connectivity index (χ3v) is 8.30. The second-order valence-electron chi connectivity index (χ2n) is 10.5. The number of carbonyl (C=O) groups is 2. The number of carbonyl (C=O) groups excluding carboxylic acids is 2. The van der Waals surface area contributed by atoms with Crippen molar-refractivity contribution in [2.24, 2.45) is 18.9 Å². The number of piperazine rings is 1. The van der Waals surface area contributed by atoms with Gasteiger partial charge in [-0.2, -0.15) is 0 Å². The predicted molar refractivity (Wildman–Crippen MR) is 138 cm³/mol. The summed E-state index contributed by atoms with van der Waals surface area (Å²) in [6.07, 6.45) is 4.47. The molecular formula is C27H36N4O6. The summed E-state index contributed by atoms with van der Waals surface area (Å²) in [5.74, 6) is 0.911. The van der Waals surface area contributed by atoms with Gasteiger partial charge >= 0.3 is 5.69 Å². The van der Waals surface area contributed by atoms with Gasteiger partial charge in [-0.1, -0.05) is 0 Å². The first kappa shape index (κ1) is 25.5. The molecule has 3 fully saturated rings. The van der Waals surface area contributed by atoms with Crippen molar-refractivity contribution in [3.8, 4) is 5.75 Å². The maximum Gasteiger partial charge on any atom is 0.331 e. The molecule has 5 rings (SSSR count). The van der Waals surface area contributed by atoms with Crippen molar-refractivity contribution in [1.82, 2.24) is 18.9 Å². The van der Waals surface area contributed by atoms with Gasteiger partial charge in [0.05, 0.1) is 18.0 Å². The lowest BCUT2D eigenvalue weighted by Crippen LogP contribution is -2.54. The molecule has 0 N–H and O–H groups in total. The van der Waals surface area contributed by atoms with Crippen LogP contribution in [0.5, 0.6) is 5.75 Å². The Morgan fingerprint density at radius 1 is 0.973 bits per heavy atom. The molecule has 2 saturated heterocycles. The van der Waals surface area contributed by atoms with Gasteiger partial charge in [0.15, 0.2) is 0 Å². The molecule has 2 aromatic rings. The van der Waals surface area contributed by atoms with Crippen LogP contribution in [0.25, 0.3) is 10.9 Å². The Morgan fingerprint density at radius 3 is 2.27 bits per heavy atom. The summed E-state index contributed by atoms with van der Waals surface area (Å²) in [7, 11) is 3.23. The van der Waals surface area contributed by atoms with Gasteiger partial charge in [0.1, 0.15) is 11.9 Å². The van der Waals surface area contributed by atoms with Crippen LogP contribution in [-0.2, 0) is 27.9 Å². The predicted octanol–water partition coefficient (Wildman–Crippen LogP) is 1.37. The lowest BCUT2D eigenvalue weighted by atomic mass is 9.81. The molecule has 0 bridgehead atoms. The van der Waals surface area contributed by atoms with Crippen molar-refractivity contribution in [2.75, 3.05) is 39.9 Å². The van der Waals surface area contributed by atoms with E-state index in [9.17, 15) is 19.2 Å². The molecule has 2 aliphatic heterocycles. The first-order valence-corrected chi connectivity index (χ1v) is 13.3. The highest BCUT2D eigenvalue weighted by Gasteiger charge is 2.34. The number of aryl methyl sites for hydroxylation is 1. The van der Waals surface area contributed by atoms with Crippen LogP contribution < -0.4 is 16.0 Å². The lowest BCUT2D eigenvalue weighted by Gasteiger charge is -2.38. The van der Waals surface area contributed by atoms with Gasteiger partial charge in [-0.05, 0) is 62.6 Å². The molecule has 1 atom stereocenters. The third kappa shape index (κ3) is 5.03. The second-order valence-corrected chi connectivity index (χ2v) is 10.5. The van der Waals surface area contributed by atoms with E-state index in [4.69, 9.17) is 9.47 Å². The number of hydrogen-bond donors (Lipinski definition) is 0. The van der Waals surface area contributed by atoms with Gasteiger partial charge in [-0.25, -0.2) is 4.79 Å². The Morgan fingerprint density at radius 2 is 1.65 bits per heavy atom. The average Bonchev–Trinajstić information content (AvgIpc) is 3.49. The fourth-order valence-corrected chi connectivity index (χ4v) is 6.01. The van der Waals surface area contributed by atoms with E-state index in [2.05, 4.69) is 0 Å². The van der Waals surface area contributed by atoms with Crippen LogP contribution in [0.15, 0.2) is 27.8 Å². The Balaban J connectivity index is 1.18. The molecule has 3 heterocycles. The fraction of sp³-hybridized carbons (Fsp3) is 0.630. The van der Waals surface area contributed by atoms with Crippen molar-refractivity contribution in [2.45, 2.75) is 51.2 Å². The smallest absolute Gasteiger partial charge is 0.331 e. The van der Waals surface area contributed by atoms with E-state index < -0.39 is 0 Å². The second kappa shape index (κ2) is 10.7. The Bertz CT molecular complexity index is 1280. The molecule has 10 nitrogen and oxygen atoms in total. The number of amides is 2. The van der Waals surface area contributed by atoms with E-state index >= 15 is 0 Å². The van der Waals surface area contributed by atoms with Crippen molar-refractivity contribution in [3.63, 3.8) is 0 Å². The molecule has 37 heavy (non-hydrogen) atoms. The quantitative estimate of drug-likeness (QED) is 0.600. The Labute approximate surface area is 215 Å². The molecule has 2 amide bonds. The first-order valence-electron chi connectivity index (χ1n) is 13.3. The number of rotatable bonds is 5. The molecule has 0 unspecified atom stereocenters. The summed E-state index contributed by atoms with van der Waals surface area (Å²) in [4.78, 5) is 55.6. The number of methoxy groups -OCH3 is 1. The molecule has 1 saturated carbocycles. The SMILES string of the molecule is COc1ccc2c(c1)c(=O)n(CC1CCC(C(=O)N3CCN(C(=O)[C@@H]4CCCO4)CC3)CC1)c(=O)n2C. The molecule has 0 radical (unpaired) electrons. The molecular weight excluding hydrogens is 476 g/mol. The maximum atomic E-state index is 13.2. The van der Waals surface area contributed by atoms with Gasteiger partial charge in [0.25, 0.3) is 11.5 Å². The van der Waals surface area contributed by atoms with Crippen molar-refractivity contribution in [3.05, 3.63) is 39.0 Å². The normalized spacial score (nSPS) is 24.4. The topological polar surface area (TPSA) is 103 Å². The van der Waals surface area contributed by atoms with Gasteiger partial charge in [0.2, 0.25) is 5.91 Å². The van der Waals surface area contributed by atoms with Gasteiger partial charge in [-0.15, -0.1) is 0 Å². The van der Waals surface area contributed by atoms with Gasteiger partial charge in [-0.3, -0.25) is 23.5 Å². The van der Waals surface area contributed by atoms with Crippen LogP contribution in [0.1, 0.15) is 38.5 Å². The summed E-state index contributed by atoms with van der Waals surface area (Å²) in [5.41, 5.74) is -0.0409. The summed E-state index contributed by atoms with van der Waals surface area (Å²) >= 11 is 0. The van der Waals surface area contributed by atoms with E-state index in [1.807, 2.05) is 9.80 Å². The summed E-state index contributed by atoms with van der Waals surface area (Å²) in [6.45, 7) is 3.23. The van der Waals surface area contributed by atoms with Gasteiger partial charge in [0, 0.05) is 52.3 Å². The number of ether oxygens (including phenoxy) is 2. The number of benzene rings is 1. The van der Waals surface area contributed by atoms with Crippen LogP contribution in [-0.4, -0.2) is 76.7 Å². The van der Waals surface area contributed by atoms with Crippen LogP contribution in [0.3, 0.4) is 0 Å². The number of aromatic nitrogens is 2. The van der Waals surface area contributed by atoms with Crippen LogP contribution in [0.2, 0.25) is 0 Å². The highest BCUT2D eigenvalue weighted by Crippen LogP contribution is 2.31. The third-order valence-electron chi connectivity index (χ3n) is 8.30. The average molecular weight is 513 g/mol. The van der Waals surface area contributed by atoms with Gasteiger partial charge < -0.3 is 19.3 Å². The summed E-state index contributed by atoms with van der Waals surface area (Å²) in [6, 6.07) is 5.15. The van der Waals surface area contributed by atoms with Crippen molar-refractivity contribution in [1.29, 1.82) is 0 Å². The number of fused-ring (bicyclic) bond motifs is 1. The highest BCUT2D eigenvalue weighted by atomic mass is 16.5. The van der Waals surface area contributed by atoms with E-state index in [1.165, 1.54) is 9.13 Å². The van der Waals surface area contributed by atoms with E-state index in [-0.39, 0.29) is 41.0 Å². The molecule has 200 valence electrons. The minimum Gasteiger partial charge on any atom is -0.497 e. The minimum atomic E-state index is -0.323. The summed E-state index contributed by atoms with van der Waals surface area (Å²) < 4.78 is 13.6.